The average molecular weight is 600 g/mol. The molecule has 1 aliphatic carbocycles. The maximum atomic E-state index is 13.3. The second kappa shape index (κ2) is 9.99. The van der Waals surface area contributed by atoms with Crippen molar-refractivity contribution in [2.75, 3.05) is 38.7 Å². The smallest absolute Gasteiger partial charge is 0.416 e. The minimum atomic E-state index is -4.53. The van der Waals surface area contributed by atoms with Gasteiger partial charge in [-0.15, -0.1) is 0 Å². The molecule has 2 aromatic carbocycles. The zero-order valence-electron chi connectivity index (χ0n) is 24.6. The van der Waals surface area contributed by atoms with E-state index >= 15 is 0 Å². The van der Waals surface area contributed by atoms with Gasteiger partial charge in [0.1, 0.15) is 17.5 Å². The maximum Gasteiger partial charge on any atom is 0.416 e. The molecule has 0 unspecified atom stereocenters. The van der Waals surface area contributed by atoms with Crippen LogP contribution in [-0.4, -0.2) is 79.5 Å². The highest BCUT2D eigenvalue weighted by atomic mass is 19.4. The van der Waals surface area contributed by atoms with Gasteiger partial charge in [0.15, 0.2) is 0 Å². The van der Waals surface area contributed by atoms with E-state index in [0.717, 1.165) is 55.0 Å². The molecule has 230 valence electrons. The van der Waals surface area contributed by atoms with E-state index in [2.05, 4.69) is 28.4 Å². The standard InChI is InChI=1S/C32H36F3N3O5/c1-5-29-13-6-15-38-16-14-30(26(29)38)23-12-11-22(42-4)17-24(23)37(3)27(30)31(41,28(29)43-19(2)39)18-36-25(40)20-7-9-21(10-8-20)32(33,34)35/h6-13,17,26-28,41H,5,14-16,18H2,1-4H3,(H,36,40)/t26-,27+,28+,29+,30+,31-/m0/s1. The molecule has 8 nitrogen and oxygen atoms in total. The van der Waals surface area contributed by atoms with Crippen molar-refractivity contribution in [2.45, 2.75) is 62.1 Å². The Morgan fingerprint density at radius 2 is 1.86 bits per heavy atom. The molecule has 11 heteroatoms. The van der Waals surface area contributed by atoms with E-state index in [-0.39, 0.29) is 18.2 Å². The lowest BCUT2D eigenvalue weighted by Gasteiger charge is -2.64. The van der Waals surface area contributed by atoms with Crippen molar-refractivity contribution in [3.05, 3.63) is 71.3 Å². The summed E-state index contributed by atoms with van der Waals surface area (Å²) < 4.78 is 51.0. The minimum absolute atomic E-state index is 0.0200. The number of ether oxygens (including phenoxy) is 2. The lowest BCUT2D eigenvalue weighted by atomic mass is 9.47. The monoisotopic (exact) mass is 599 g/mol. The van der Waals surface area contributed by atoms with Gasteiger partial charge >= 0.3 is 12.1 Å². The van der Waals surface area contributed by atoms with Crippen molar-refractivity contribution >= 4 is 17.6 Å². The first kappa shape index (κ1) is 29.5. The van der Waals surface area contributed by atoms with Crippen LogP contribution < -0.4 is 15.0 Å². The van der Waals surface area contributed by atoms with E-state index in [0.29, 0.717) is 12.2 Å². The number of halogens is 3. The second-order valence-corrected chi connectivity index (χ2v) is 12.2. The SMILES string of the molecule is CC[C@]12C=CCN3CC[C@@]4(c5ccc(OC)cc5N(C)[C@H]4[C@@](O)(CNC(=O)c4ccc(C(F)(F)F)cc4)[C@@H]1OC(C)=O)[C@@H]32. The van der Waals surface area contributed by atoms with Crippen LogP contribution in [0, 0.1) is 5.41 Å². The first-order chi connectivity index (χ1) is 20.3. The molecule has 0 bridgehead atoms. The van der Waals surface area contributed by atoms with E-state index in [1.807, 2.05) is 31.0 Å². The topological polar surface area (TPSA) is 91.3 Å². The number of nitrogens with zero attached hydrogens (tertiary/aromatic N) is 2. The number of carbonyl (C=O) groups is 2. The van der Waals surface area contributed by atoms with Gasteiger partial charge in [-0.3, -0.25) is 14.5 Å². The summed E-state index contributed by atoms with van der Waals surface area (Å²) in [5.41, 5.74) is -2.05. The number of hydrogen-bond donors (Lipinski definition) is 2. The van der Waals surface area contributed by atoms with Gasteiger partial charge in [0.05, 0.1) is 25.3 Å². The Morgan fingerprint density at radius 1 is 1.14 bits per heavy atom. The highest BCUT2D eigenvalue weighted by Gasteiger charge is 2.77. The number of alkyl halides is 3. The number of benzene rings is 2. The molecule has 6 atom stereocenters. The van der Waals surface area contributed by atoms with Crippen LogP contribution in [0.2, 0.25) is 0 Å². The predicted molar refractivity (Wildman–Crippen MR) is 153 cm³/mol. The fourth-order valence-electron chi connectivity index (χ4n) is 8.78. The van der Waals surface area contributed by atoms with Gasteiger partial charge in [-0.1, -0.05) is 25.1 Å². The molecule has 4 aliphatic rings. The van der Waals surface area contributed by atoms with Crippen LogP contribution in [0.1, 0.15) is 48.2 Å². The van der Waals surface area contributed by atoms with E-state index in [9.17, 15) is 27.9 Å². The molecule has 1 saturated heterocycles. The fraction of sp³-hybridized carbons (Fsp3) is 0.500. The molecule has 6 rings (SSSR count). The summed E-state index contributed by atoms with van der Waals surface area (Å²) in [7, 11) is 3.49. The summed E-state index contributed by atoms with van der Waals surface area (Å²) in [6.07, 6.45) is -0.135. The second-order valence-electron chi connectivity index (χ2n) is 12.2. The van der Waals surface area contributed by atoms with Crippen LogP contribution in [0.3, 0.4) is 0 Å². The number of methoxy groups -OCH3 is 1. The average Bonchev–Trinajstić information content (AvgIpc) is 3.49. The molecule has 3 heterocycles. The quantitative estimate of drug-likeness (QED) is 0.384. The van der Waals surface area contributed by atoms with E-state index in [1.54, 1.807) is 7.11 Å². The molecule has 2 N–H and O–H groups in total. The summed E-state index contributed by atoms with van der Waals surface area (Å²) in [4.78, 5) is 30.4. The summed E-state index contributed by atoms with van der Waals surface area (Å²) in [5, 5.41) is 15.8. The molecule has 2 fully saturated rings. The highest BCUT2D eigenvalue weighted by Crippen LogP contribution is 2.67. The summed E-state index contributed by atoms with van der Waals surface area (Å²) in [5.74, 6) is -0.532. The van der Waals surface area contributed by atoms with Crippen LogP contribution in [0.5, 0.6) is 5.75 Å². The third-order valence-electron chi connectivity index (χ3n) is 10.2. The number of fused-ring (bicyclic) bond motifs is 1. The Bertz CT molecular complexity index is 1480. The third-order valence-corrected chi connectivity index (χ3v) is 10.2. The predicted octanol–water partition coefficient (Wildman–Crippen LogP) is 3.92. The van der Waals surface area contributed by atoms with E-state index in [4.69, 9.17) is 9.47 Å². The minimum Gasteiger partial charge on any atom is -0.497 e. The summed E-state index contributed by atoms with van der Waals surface area (Å²) >= 11 is 0. The number of aliphatic hydroxyl groups is 1. The maximum absolute atomic E-state index is 13.3. The highest BCUT2D eigenvalue weighted by molar-refractivity contribution is 5.94. The lowest BCUT2D eigenvalue weighted by molar-refractivity contribution is -0.216. The number of amides is 1. The van der Waals surface area contributed by atoms with Crippen LogP contribution in [-0.2, 0) is 21.1 Å². The summed E-state index contributed by atoms with van der Waals surface area (Å²) in [6, 6.07) is 9.13. The third kappa shape index (κ3) is 4.11. The van der Waals surface area contributed by atoms with E-state index < -0.39 is 52.2 Å². The first-order valence-corrected chi connectivity index (χ1v) is 14.5. The van der Waals surface area contributed by atoms with Crippen LogP contribution in [0.15, 0.2) is 54.6 Å². The van der Waals surface area contributed by atoms with Crippen LogP contribution in [0.25, 0.3) is 0 Å². The van der Waals surface area contributed by atoms with Crippen molar-refractivity contribution in [1.29, 1.82) is 0 Å². The van der Waals surface area contributed by atoms with Crippen molar-refractivity contribution in [2.24, 2.45) is 5.41 Å². The number of esters is 1. The Kier molecular flexibility index (Phi) is 6.85. The van der Waals surface area contributed by atoms with Gasteiger partial charge in [0, 0.05) is 54.7 Å². The van der Waals surface area contributed by atoms with Crippen LogP contribution in [0.4, 0.5) is 18.9 Å². The molecule has 0 radical (unpaired) electrons. The molecule has 43 heavy (non-hydrogen) atoms. The van der Waals surface area contributed by atoms with Gasteiger partial charge in [0.2, 0.25) is 0 Å². The van der Waals surface area contributed by atoms with Crippen molar-refractivity contribution in [3.63, 3.8) is 0 Å². The molecule has 1 spiro atoms. The van der Waals surface area contributed by atoms with Gasteiger partial charge in [-0.05, 0) is 55.3 Å². The number of nitrogens with one attached hydrogen (secondary N) is 1. The molecular weight excluding hydrogens is 563 g/mol. The number of hydrogen-bond acceptors (Lipinski definition) is 7. The fourth-order valence-corrected chi connectivity index (χ4v) is 8.78. The van der Waals surface area contributed by atoms with E-state index in [1.165, 1.54) is 6.92 Å². The van der Waals surface area contributed by atoms with Crippen molar-refractivity contribution < 1.29 is 37.3 Å². The number of carbonyl (C=O) groups excluding carboxylic acids is 2. The van der Waals surface area contributed by atoms with Crippen LogP contribution >= 0.6 is 0 Å². The first-order valence-electron chi connectivity index (χ1n) is 14.5. The zero-order valence-corrected chi connectivity index (χ0v) is 24.6. The van der Waals surface area contributed by atoms with Gasteiger partial charge in [0.25, 0.3) is 5.91 Å². The Balaban J connectivity index is 1.48. The van der Waals surface area contributed by atoms with Crippen molar-refractivity contribution in [1.82, 2.24) is 10.2 Å². The van der Waals surface area contributed by atoms with Gasteiger partial charge in [-0.2, -0.15) is 13.2 Å². The zero-order chi connectivity index (χ0) is 30.9. The molecule has 1 amide bonds. The number of likely N-dealkylation sites (N-methyl/N-ethyl adjacent to an activating group) is 1. The van der Waals surface area contributed by atoms with Crippen molar-refractivity contribution in [3.8, 4) is 5.75 Å². The Hall–Kier alpha value is -3.57. The Labute approximate surface area is 248 Å². The molecule has 2 aromatic rings. The number of anilines is 1. The normalized spacial score (nSPS) is 32.6. The lowest BCUT2D eigenvalue weighted by Crippen LogP contribution is -2.81. The molecular formula is C32H36F3N3O5. The molecule has 0 aromatic heterocycles. The molecule has 3 aliphatic heterocycles. The van der Waals surface area contributed by atoms with Gasteiger partial charge in [-0.25, -0.2) is 0 Å². The van der Waals surface area contributed by atoms with Gasteiger partial charge < -0.3 is 24.8 Å². The largest absolute Gasteiger partial charge is 0.497 e. The molecule has 1 saturated carbocycles. The number of rotatable bonds is 6. The summed E-state index contributed by atoms with van der Waals surface area (Å²) in [6.45, 7) is 4.53. The Morgan fingerprint density at radius 3 is 2.49 bits per heavy atom.